The Labute approximate surface area is 487 Å². The fourth-order valence-electron chi connectivity index (χ4n) is 8.79. The van der Waals surface area contributed by atoms with E-state index in [0.717, 1.165) is 135 Å². The van der Waals surface area contributed by atoms with Crippen molar-refractivity contribution in [3.05, 3.63) is 134 Å². The first-order valence-electron chi connectivity index (χ1n) is 32.7. The molecule has 0 aromatic heterocycles. The summed E-state index contributed by atoms with van der Waals surface area (Å²) in [5.74, 6) is -0.937. The van der Waals surface area contributed by atoms with Gasteiger partial charge in [-0.2, -0.15) is 0 Å². The first-order chi connectivity index (χ1) is 39.0. The van der Waals surface area contributed by atoms with Gasteiger partial charge in [-0.25, -0.2) is 0 Å². The van der Waals surface area contributed by atoms with Crippen molar-refractivity contribution in [1.82, 2.24) is 0 Å². The van der Waals surface area contributed by atoms with Gasteiger partial charge in [-0.3, -0.25) is 14.4 Å². The average Bonchev–Trinajstić information content (AvgIpc) is 3.45. The summed E-state index contributed by atoms with van der Waals surface area (Å²) in [4.78, 5) is 38.4. The zero-order valence-corrected chi connectivity index (χ0v) is 51.3. The number of esters is 3. The van der Waals surface area contributed by atoms with Gasteiger partial charge in [-0.05, 0) is 135 Å². The molecule has 0 spiro atoms. The van der Waals surface area contributed by atoms with Gasteiger partial charge in [0.05, 0.1) is 0 Å². The summed E-state index contributed by atoms with van der Waals surface area (Å²) in [6.07, 6.45) is 93.1. The molecule has 448 valence electrons. The molecule has 0 aliphatic carbocycles. The minimum atomic E-state index is -0.806. The number of unbranched alkanes of at least 4 members (excludes halogenated alkanes) is 25. The Hall–Kier alpha value is -4.45. The number of allylic oxidation sites excluding steroid dienone is 22. The maximum Gasteiger partial charge on any atom is 0.306 e. The Kier molecular flexibility index (Phi) is 62.3. The summed E-state index contributed by atoms with van der Waals surface area (Å²) in [5.41, 5.74) is 0. The van der Waals surface area contributed by atoms with E-state index in [1.165, 1.54) is 116 Å². The van der Waals surface area contributed by atoms with Gasteiger partial charge in [0.25, 0.3) is 0 Å². The van der Waals surface area contributed by atoms with Gasteiger partial charge in [0.15, 0.2) is 6.10 Å². The van der Waals surface area contributed by atoms with E-state index in [1.54, 1.807) is 0 Å². The molecule has 0 aliphatic rings. The van der Waals surface area contributed by atoms with E-state index in [4.69, 9.17) is 14.2 Å². The van der Waals surface area contributed by atoms with Crippen LogP contribution in [0.2, 0.25) is 0 Å². The minimum Gasteiger partial charge on any atom is -0.462 e. The highest BCUT2D eigenvalue weighted by molar-refractivity contribution is 5.71. The van der Waals surface area contributed by atoms with Crippen LogP contribution in [0.3, 0.4) is 0 Å². The quantitative estimate of drug-likeness (QED) is 0.0261. The second kappa shape index (κ2) is 66.1. The number of hydrogen-bond donors (Lipinski definition) is 0. The molecule has 0 fully saturated rings. The summed E-state index contributed by atoms with van der Waals surface area (Å²) in [6.45, 7) is 6.39. The highest BCUT2D eigenvalue weighted by Crippen LogP contribution is 2.15. The molecule has 0 aliphatic heterocycles. The largest absolute Gasteiger partial charge is 0.462 e. The van der Waals surface area contributed by atoms with Crippen molar-refractivity contribution in [3.8, 4) is 0 Å². The lowest BCUT2D eigenvalue weighted by molar-refractivity contribution is -0.167. The van der Waals surface area contributed by atoms with Gasteiger partial charge in [-0.15, -0.1) is 0 Å². The number of carbonyl (C=O) groups excluding carboxylic acids is 3. The summed E-state index contributed by atoms with van der Waals surface area (Å²) < 4.78 is 16.9. The number of carbonyl (C=O) groups is 3. The topological polar surface area (TPSA) is 78.9 Å². The van der Waals surface area contributed by atoms with Crippen molar-refractivity contribution in [1.29, 1.82) is 0 Å². The lowest BCUT2D eigenvalue weighted by atomic mass is 10.1. The van der Waals surface area contributed by atoms with Crippen LogP contribution in [0, 0.1) is 0 Å². The molecule has 0 N–H and O–H groups in total. The summed E-state index contributed by atoms with van der Waals surface area (Å²) in [7, 11) is 0. The fourth-order valence-corrected chi connectivity index (χ4v) is 8.79. The summed E-state index contributed by atoms with van der Waals surface area (Å²) in [5, 5.41) is 0. The Morgan fingerprint density at radius 3 is 0.797 bits per heavy atom. The van der Waals surface area contributed by atoms with Crippen LogP contribution in [0.15, 0.2) is 134 Å². The van der Waals surface area contributed by atoms with Crippen LogP contribution in [0.1, 0.15) is 290 Å². The van der Waals surface area contributed by atoms with E-state index in [0.29, 0.717) is 12.8 Å². The van der Waals surface area contributed by atoms with Gasteiger partial charge >= 0.3 is 17.9 Å². The van der Waals surface area contributed by atoms with Gasteiger partial charge in [0.1, 0.15) is 13.2 Å². The van der Waals surface area contributed by atoms with E-state index in [9.17, 15) is 14.4 Å². The van der Waals surface area contributed by atoms with Crippen molar-refractivity contribution in [2.24, 2.45) is 0 Å². The van der Waals surface area contributed by atoms with E-state index in [1.807, 2.05) is 0 Å². The Balaban J connectivity index is 4.45. The first kappa shape index (κ1) is 74.5. The van der Waals surface area contributed by atoms with E-state index in [-0.39, 0.29) is 37.5 Å². The smallest absolute Gasteiger partial charge is 0.306 e. The summed E-state index contributed by atoms with van der Waals surface area (Å²) >= 11 is 0. The number of rotatable bonds is 58. The van der Waals surface area contributed by atoms with Gasteiger partial charge in [-0.1, -0.05) is 270 Å². The maximum absolute atomic E-state index is 12.9. The van der Waals surface area contributed by atoms with Crippen molar-refractivity contribution in [2.75, 3.05) is 13.2 Å². The van der Waals surface area contributed by atoms with Crippen LogP contribution in [0.5, 0.6) is 0 Å². The molecule has 1 unspecified atom stereocenters. The molecule has 0 radical (unpaired) electrons. The number of ether oxygens (including phenoxy) is 3. The third-order valence-corrected chi connectivity index (χ3v) is 13.6. The average molecular weight is 1090 g/mol. The second-order valence-electron chi connectivity index (χ2n) is 21.3. The van der Waals surface area contributed by atoms with Gasteiger partial charge in [0.2, 0.25) is 0 Å². The van der Waals surface area contributed by atoms with Crippen LogP contribution in [0.4, 0.5) is 0 Å². The predicted octanol–water partition coefficient (Wildman–Crippen LogP) is 22.5. The zero-order valence-electron chi connectivity index (χ0n) is 51.3. The van der Waals surface area contributed by atoms with Gasteiger partial charge < -0.3 is 14.2 Å². The minimum absolute atomic E-state index is 0.0985. The third-order valence-electron chi connectivity index (χ3n) is 13.6. The molecule has 0 amide bonds. The van der Waals surface area contributed by atoms with Crippen LogP contribution >= 0.6 is 0 Å². The Morgan fingerprint density at radius 1 is 0.266 bits per heavy atom. The van der Waals surface area contributed by atoms with Crippen molar-refractivity contribution in [2.45, 2.75) is 297 Å². The Morgan fingerprint density at radius 2 is 0.494 bits per heavy atom. The van der Waals surface area contributed by atoms with Crippen molar-refractivity contribution < 1.29 is 28.6 Å². The molecule has 0 rings (SSSR count). The molecule has 79 heavy (non-hydrogen) atoms. The standard InChI is InChI=1S/C73H120O6/c1-4-7-10-13-16-19-22-25-28-31-33-34-35-36-37-38-40-42-45-48-51-54-57-60-63-66-72(75)78-69-70(68-77-71(74)65-62-59-56-53-50-47-44-41-30-27-24-21-18-15-12-9-6-3)79-73(76)67-64-61-58-55-52-49-46-43-39-32-29-26-23-20-17-14-11-8-5-2/h7-8,10-11,16-17,19-20,25-30,33-34,36-37,39,43,49,52,70H,4-6,9,12-15,18,21-24,31-32,35,38,40-42,44-48,50-51,53-69H2,1-3H3/b10-7-,11-8-,19-16-,20-17-,28-25-,29-26-,30-27-,34-33-,37-36-,43-39-,52-49-. The van der Waals surface area contributed by atoms with Crippen LogP contribution in [-0.2, 0) is 28.6 Å². The maximum atomic E-state index is 12.9. The molecule has 6 heteroatoms. The van der Waals surface area contributed by atoms with Crippen LogP contribution < -0.4 is 0 Å². The van der Waals surface area contributed by atoms with Crippen molar-refractivity contribution >= 4 is 17.9 Å². The van der Waals surface area contributed by atoms with E-state index >= 15 is 0 Å². The molecule has 0 heterocycles. The summed E-state index contributed by atoms with van der Waals surface area (Å²) in [6, 6.07) is 0. The zero-order chi connectivity index (χ0) is 57.1. The fraction of sp³-hybridized carbons (Fsp3) is 0.658. The van der Waals surface area contributed by atoms with Gasteiger partial charge in [0, 0.05) is 19.3 Å². The molecular formula is C73H120O6. The lowest BCUT2D eigenvalue weighted by Gasteiger charge is -2.18. The second-order valence-corrected chi connectivity index (χ2v) is 21.3. The highest BCUT2D eigenvalue weighted by atomic mass is 16.6. The van der Waals surface area contributed by atoms with E-state index in [2.05, 4.69) is 154 Å². The number of hydrogen-bond acceptors (Lipinski definition) is 6. The predicted molar refractivity (Wildman–Crippen MR) is 343 cm³/mol. The molecule has 0 aromatic rings. The third kappa shape index (κ3) is 64.3. The lowest BCUT2D eigenvalue weighted by Crippen LogP contribution is -2.30. The monoisotopic (exact) mass is 1090 g/mol. The molecule has 1 atom stereocenters. The SMILES string of the molecule is CC/C=C\C/C=C\C/C=C\C/C=C\C/C=C\CCCCCCCCCCCC(=O)OCC(COC(=O)CCCCCCCCC/C=C\CCCCCCCC)OC(=O)CCCCC/C=C\C/C=C\C/C=C\C/C=C\C/C=C\CC. The molecule has 0 bridgehead atoms. The molecular weight excluding hydrogens is 973 g/mol. The van der Waals surface area contributed by atoms with Crippen LogP contribution in [-0.4, -0.2) is 37.2 Å². The normalized spacial score (nSPS) is 13.0. The Bertz CT molecular complexity index is 1680. The van der Waals surface area contributed by atoms with Crippen molar-refractivity contribution in [3.63, 3.8) is 0 Å². The highest BCUT2D eigenvalue weighted by Gasteiger charge is 2.19. The van der Waals surface area contributed by atoms with E-state index < -0.39 is 6.10 Å². The molecule has 0 saturated carbocycles. The molecule has 6 nitrogen and oxygen atoms in total. The molecule has 0 saturated heterocycles. The first-order valence-corrected chi connectivity index (χ1v) is 32.7. The van der Waals surface area contributed by atoms with Crippen LogP contribution in [0.25, 0.3) is 0 Å². The molecule has 0 aromatic carbocycles.